The van der Waals surface area contributed by atoms with Crippen molar-refractivity contribution in [2.24, 2.45) is 0 Å². The summed E-state index contributed by atoms with van der Waals surface area (Å²) < 4.78 is 5.28. The van der Waals surface area contributed by atoms with Gasteiger partial charge in [0.2, 0.25) is 0 Å². The highest BCUT2D eigenvalue weighted by molar-refractivity contribution is 5.94. The van der Waals surface area contributed by atoms with Crippen LogP contribution in [0.5, 0.6) is 0 Å². The summed E-state index contributed by atoms with van der Waals surface area (Å²) in [5, 5.41) is 12.5. The zero-order chi connectivity index (χ0) is 18.1. The van der Waals surface area contributed by atoms with E-state index >= 15 is 0 Å². The maximum atomic E-state index is 12.2. The van der Waals surface area contributed by atoms with E-state index in [1.807, 2.05) is 31.2 Å². The molecule has 1 aromatic heterocycles. The first-order valence-electron chi connectivity index (χ1n) is 8.79. The number of unbranched alkanes of at least 4 members (excludes halogenated alkanes) is 4. The van der Waals surface area contributed by atoms with Crippen molar-refractivity contribution < 1.29 is 19.2 Å². The van der Waals surface area contributed by atoms with Crippen molar-refractivity contribution >= 4 is 11.6 Å². The molecule has 0 fully saturated rings. The lowest BCUT2D eigenvalue weighted by atomic mass is 10.0. The average molecular weight is 343 g/mol. The molecular formula is C20H25NO4. The molecule has 1 heterocycles. The minimum Gasteiger partial charge on any atom is -0.389 e. The van der Waals surface area contributed by atoms with E-state index in [0.717, 1.165) is 37.7 Å². The molecule has 134 valence electrons. The molecule has 1 N–H and O–H groups in total. The lowest BCUT2D eigenvalue weighted by molar-refractivity contribution is -0.121. The molecule has 1 aromatic carbocycles. The van der Waals surface area contributed by atoms with Crippen LogP contribution in [0.25, 0.3) is 11.3 Å². The van der Waals surface area contributed by atoms with E-state index in [1.54, 1.807) is 6.07 Å². The van der Waals surface area contributed by atoms with Gasteiger partial charge in [-0.3, -0.25) is 9.59 Å². The lowest BCUT2D eigenvalue weighted by Gasteiger charge is -2.00. The van der Waals surface area contributed by atoms with Crippen LogP contribution in [-0.2, 0) is 4.79 Å². The Kier molecular flexibility index (Phi) is 7.54. The van der Waals surface area contributed by atoms with Crippen LogP contribution >= 0.6 is 0 Å². The number of aromatic nitrogens is 1. The van der Waals surface area contributed by atoms with E-state index in [-0.39, 0.29) is 18.2 Å². The first kappa shape index (κ1) is 19.1. The van der Waals surface area contributed by atoms with Gasteiger partial charge in [0.1, 0.15) is 12.3 Å². The molecule has 0 aliphatic rings. The molecule has 5 nitrogen and oxygen atoms in total. The van der Waals surface area contributed by atoms with Crippen molar-refractivity contribution in [1.29, 1.82) is 0 Å². The topological polar surface area (TPSA) is 80.4 Å². The fourth-order valence-corrected chi connectivity index (χ4v) is 2.61. The third-order valence-corrected chi connectivity index (χ3v) is 4.17. The van der Waals surface area contributed by atoms with Crippen LogP contribution in [-0.4, -0.2) is 28.4 Å². The van der Waals surface area contributed by atoms with Gasteiger partial charge in [0, 0.05) is 24.5 Å². The summed E-state index contributed by atoms with van der Waals surface area (Å²) in [4.78, 5) is 23.1. The Morgan fingerprint density at radius 1 is 1.00 bits per heavy atom. The zero-order valence-corrected chi connectivity index (χ0v) is 14.7. The van der Waals surface area contributed by atoms with Crippen LogP contribution in [0.3, 0.4) is 0 Å². The lowest BCUT2D eigenvalue weighted by Crippen LogP contribution is -2.02. The molecule has 0 bridgehead atoms. The SMILES string of the molecule is Cc1ccc(-c2cc(C(=O)CCCCCCCC(=O)CO)no2)cc1. The number of hydrogen-bond acceptors (Lipinski definition) is 5. The van der Waals surface area contributed by atoms with Crippen LogP contribution in [0.4, 0.5) is 0 Å². The minimum absolute atomic E-state index is 0.00225. The zero-order valence-electron chi connectivity index (χ0n) is 14.7. The van der Waals surface area contributed by atoms with E-state index in [9.17, 15) is 9.59 Å². The van der Waals surface area contributed by atoms with Crippen molar-refractivity contribution in [3.8, 4) is 11.3 Å². The molecule has 2 rings (SSSR count). The van der Waals surface area contributed by atoms with Gasteiger partial charge in [-0.05, 0) is 19.8 Å². The second-order valence-electron chi connectivity index (χ2n) is 6.33. The Labute approximate surface area is 148 Å². The predicted octanol–water partition coefficient (Wildman–Crippen LogP) is 4.12. The van der Waals surface area contributed by atoms with Gasteiger partial charge >= 0.3 is 0 Å². The molecule has 25 heavy (non-hydrogen) atoms. The van der Waals surface area contributed by atoms with Gasteiger partial charge in [0.15, 0.2) is 17.3 Å². The Balaban J connectivity index is 1.69. The number of Topliss-reactive ketones (excluding diaryl/α,β-unsaturated/α-hetero) is 2. The molecule has 0 unspecified atom stereocenters. The summed E-state index contributed by atoms with van der Waals surface area (Å²) in [6.07, 6.45) is 5.38. The molecule has 0 saturated carbocycles. The number of ketones is 2. The van der Waals surface area contributed by atoms with E-state index in [0.29, 0.717) is 24.3 Å². The molecule has 0 saturated heterocycles. The number of carbonyl (C=O) groups excluding carboxylic acids is 2. The summed E-state index contributed by atoms with van der Waals surface area (Å²) >= 11 is 0. The molecule has 0 aliphatic carbocycles. The normalized spacial score (nSPS) is 10.8. The second kappa shape index (κ2) is 9.89. The second-order valence-corrected chi connectivity index (χ2v) is 6.33. The number of nitrogens with zero attached hydrogens (tertiary/aromatic N) is 1. The molecule has 2 aromatic rings. The number of carbonyl (C=O) groups is 2. The third-order valence-electron chi connectivity index (χ3n) is 4.17. The van der Waals surface area contributed by atoms with Crippen molar-refractivity contribution in [2.45, 2.75) is 51.9 Å². The van der Waals surface area contributed by atoms with Crippen molar-refractivity contribution in [2.75, 3.05) is 6.61 Å². The summed E-state index contributed by atoms with van der Waals surface area (Å²) in [6.45, 7) is 1.65. The van der Waals surface area contributed by atoms with E-state index < -0.39 is 0 Å². The molecule has 0 radical (unpaired) electrons. The Bertz CT molecular complexity index is 688. The van der Waals surface area contributed by atoms with E-state index in [1.165, 1.54) is 5.56 Å². The van der Waals surface area contributed by atoms with Crippen LogP contribution in [0, 0.1) is 6.92 Å². The largest absolute Gasteiger partial charge is 0.389 e. The number of benzene rings is 1. The fraction of sp³-hybridized carbons (Fsp3) is 0.450. The Morgan fingerprint density at radius 3 is 2.32 bits per heavy atom. The first-order chi connectivity index (χ1) is 12.1. The molecule has 0 aliphatic heterocycles. The summed E-state index contributed by atoms with van der Waals surface area (Å²) in [6, 6.07) is 9.59. The smallest absolute Gasteiger partial charge is 0.184 e. The van der Waals surface area contributed by atoms with Gasteiger partial charge < -0.3 is 9.63 Å². The Morgan fingerprint density at radius 2 is 1.64 bits per heavy atom. The van der Waals surface area contributed by atoms with Crippen molar-refractivity contribution in [1.82, 2.24) is 5.16 Å². The fourth-order valence-electron chi connectivity index (χ4n) is 2.61. The maximum Gasteiger partial charge on any atom is 0.184 e. The first-order valence-corrected chi connectivity index (χ1v) is 8.79. The van der Waals surface area contributed by atoms with Gasteiger partial charge in [-0.1, -0.05) is 54.2 Å². The number of aliphatic hydroxyl groups is 1. The number of hydrogen-bond donors (Lipinski definition) is 1. The molecule has 0 atom stereocenters. The Hall–Kier alpha value is -2.27. The summed E-state index contributed by atoms with van der Waals surface area (Å²) in [5.41, 5.74) is 2.46. The minimum atomic E-state index is -0.364. The van der Waals surface area contributed by atoms with Gasteiger partial charge in [0.05, 0.1) is 0 Å². The van der Waals surface area contributed by atoms with Gasteiger partial charge in [-0.25, -0.2) is 0 Å². The molecule has 5 heteroatoms. The third kappa shape index (κ3) is 6.27. The number of rotatable bonds is 11. The molecule has 0 amide bonds. The molecule has 0 spiro atoms. The average Bonchev–Trinajstić information content (AvgIpc) is 3.11. The summed E-state index contributed by atoms with van der Waals surface area (Å²) in [7, 11) is 0. The van der Waals surface area contributed by atoms with Gasteiger partial charge in [-0.2, -0.15) is 0 Å². The predicted molar refractivity (Wildman–Crippen MR) is 95.4 cm³/mol. The quantitative estimate of drug-likeness (QED) is 0.490. The van der Waals surface area contributed by atoms with Crippen LogP contribution in [0.2, 0.25) is 0 Å². The van der Waals surface area contributed by atoms with E-state index in [2.05, 4.69) is 5.16 Å². The molecular weight excluding hydrogens is 318 g/mol. The number of aliphatic hydroxyl groups excluding tert-OH is 1. The highest BCUT2D eigenvalue weighted by atomic mass is 16.5. The van der Waals surface area contributed by atoms with Crippen molar-refractivity contribution in [3.05, 3.63) is 41.6 Å². The van der Waals surface area contributed by atoms with Gasteiger partial charge in [-0.15, -0.1) is 0 Å². The highest BCUT2D eigenvalue weighted by Crippen LogP contribution is 2.21. The van der Waals surface area contributed by atoms with Crippen LogP contribution in [0.1, 0.15) is 61.0 Å². The van der Waals surface area contributed by atoms with E-state index in [4.69, 9.17) is 9.63 Å². The standard InChI is InChI=1S/C20H25NO4/c1-15-9-11-16(12-10-15)20-13-18(21-25-20)19(24)8-6-4-2-3-5-7-17(23)14-22/h9-13,22H,2-8,14H2,1H3. The van der Waals surface area contributed by atoms with Crippen molar-refractivity contribution in [3.63, 3.8) is 0 Å². The highest BCUT2D eigenvalue weighted by Gasteiger charge is 2.13. The van der Waals surface area contributed by atoms with Crippen LogP contribution in [0.15, 0.2) is 34.9 Å². The van der Waals surface area contributed by atoms with Crippen LogP contribution < -0.4 is 0 Å². The van der Waals surface area contributed by atoms with Gasteiger partial charge in [0.25, 0.3) is 0 Å². The monoisotopic (exact) mass is 343 g/mol. The summed E-state index contributed by atoms with van der Waals surface area (Å²) in [5.74, 6) is 0.500. The number of aryl methyl sites for hydroxylation is 1. The maximum absolute atomic E-state index is 12.2.